The van der Waals surface area contributed by atoms with Crippen LogP contribution < -0.4 is 5.32 Å². The maximum absolute atomic E-state index is 12.6. The highest BCUT2D eigenvalue weighted by Crippen LogP contribution is 2.27. The van der Waals surface area contributed by atoms with Crippen molar-refractivity contribution in [2.75, 3.05) is 6.54 Å². The Morgan fingerprint density at radius 1 is 1.00 bits per heavy atom. The largest absolute Gasteiger partial charge is 0.352 e. The van der Waals surface area contributed by atoms with Gasteiger partial charge in [-0.05, 0) is 49.1 Å². The van der Waals surface area contributed by atoms with Gasteiger partial charge in [0.05, 0.1) is 5.56 Å². The first kappa shape index (κ1) is 14.8. The van der Waals surface area contributed by atoms with Crippen LogP contribution in [-0.4, -0.2) is 18.2 Å². The molecule has 22 heavy (non-hydrogen) atoms. The molecule has 3 rings (SSSR count). The van der Waals surface area contributed by atoms with Gasteiger partial charge in [-0.2, -0.15) is 0 Å². The van der Waals surface area contributed by atoms with Gasteiger partial charge in [0.15, 0.2) is 5.78 Å². The van der Waals surface area contributed by atoms with Gasteiger partial charge in [0.25, 0.3) is 5.91 Å². The van der Waals surface area contributed by atoms with Gasteiger partial charge in [-0.15, -0.1) is 0 Å². The molecule has 0 radical (unpaired) electrons. The fourth-order valence-corrected chi connectivity index (χ4v) is 2.42. The van der Waals surface area contributed by atoms with Crippen LogP contribution in [0.25, 0.3) is 0 Å². The van der Waals surface area contributed by atoms with Crippen LogP contribution in [0, 0.1) is 5.92 Å². The monoisotopic (exact) mass is 313 g/mol. The number of hydrogen-bond acceptors (Lipinski definition) is 2. The Hall–Kier alpha value is -2.13. The molecule has 1 N–H and O–H groups in total. The molecule has 2 aromatic carbocycles. The van der Waals surface area contributed by atoms with Crippen LogP contribution in [0.3, 0.4) is 0 Å². The van der Waals surface area contributed by atoms with Gasteiger partial charge < -0.3 is 5.32 Å². The highest BCUT2D eigenvalue weighted by Gasteiger charge is 2.23. The Bertz CT molecular complexity index is 705. The molecule has 0 unspecified atom stereocenters. The molecule has 2 aromatic rings. The van der Waals surface area contributed by atoms with Crippen molar-refractivity contribution in [2.45, 2.75) is 12.8 Å². The average Bonchev–Trinajstić information content (AvgIpc) is 3.37. The fourth-order valence-electron chi connectivity index (χ4n) is 2.29. The first-order valence-corrected chi connectivity index (χ1v) is 7.70. The van der Waals surface area contributed by atoms with Crippen molar-refractivity contribution in [1.82, 2.24) is 5.32 Å². The van der Waals surface area contributed by atoms with Crippen molar-refractivity contribution in [1.29, 1.82) is 0 Å². The third-order valence-corrected chi connectivity index (χ3v) is 4.02. The van der Waals surface area contributed by atoms with E-state index in [4.69, 9.17) is 11.6 Å². The molecule has 1 aliphatic rings. The Morgan fingerprint density at radius 2 is 1.64 bits per heavy atom. The normalized spacial score (nSPS) is 13.7. The molecular formula is C18H16ClNO2. The predicted molar refractivity (Wildman–Crippen MR) is 86.4 cm³/mol. The maximum Gasteiger partial charge on any atom is 0.252 e. The molecule has 3 nitrogen and oxygen atoms in total. The second-order valence-corrected chi connectivity index (χ2v) is 5.97. The lowest BCUT2D eigenvalue weighted by Gasteiger charge is -2.09. The lowest BCUT2D eigenvalue weighted by atomic mass is 9.98. The number of rotatable bonds is 5. The van der Waals surface area contributed by atoms with Crippen LogP contribution in [-0.2, 0) is 0 Å². The van der Waals surface area contributed by atoms with Crippen molar-refractivity contribution in [3.05, 3.63) is 70.2 Å². The summed E-state index contributed by atoms with van der Waals surface area (Å²) in [5, 5.41) is 3.48. The zero-order valence-corrected chi connectivity index (χ0v) is 12.8. The number of nitrogens with one attached hydrogen (secondary N) is 1. The number of carbonyl (C=O) groups is 2. The van der Waals surface area contributed by atoms with E-state index in [9.17, 15) is 9.59 Å². The third kappa shape index (κ3) is 3.37. The number of halogens is 1. The Kier molecular flexibility index (Phi) is 4.25. The lowest BCUT2D eigenvalue weighted by molar-refractivity contribution is 0.0940. The van der Waals surface area contributed by atoms with Crippen LogP contribution in [0.2, 0.25) is 5.02 Å². The molecular weight excluding hydrogens is 298 g/mol. The van der Waals surface area contributed by atoms with E-state index < -0.39 is 0 Å². The van der Waals surface area contributed by atoms with Crippen molar-refractivity contribution < 1.29 is 9.59 Å². The Labute approximate surface area is 134 Å². The summed E-state index contributed by atoms with van der Waals surface area (Å²) in [6.45, 7) is 0.683. The zero-order chi connectivity index (χ0) is 15.5. The SMILES string of the molecule is O=C(NCC1CC1)c1ccccc1C(=O)c1ccc(Cl)cc1. The van der Waals surface area contributed by atoms with Crippen LogP contribution in [0.5, 0.6) is 0 Å². The first-order valence-electron chi connectivity index (χ1n) is 7.32. The van der Waals surface area contributed by atoms with Gasteiger partial charge in [0.1, 0.15) is 0 Å². The molecule has 0 atom stereocenters. The van der Waals surface area contributed by atoms with Crippen LogP contribution in [0.4, 0.5) is 0 Å². The summed E-state index contributed by atoms with van der Waals surface area (Å²) in [6.07, 6.45) is 2.34. The summed E-state index contributed by atoms with van der Waals surface area (Å²) in [4.78, 5) is 24.9. The molecule has 4 heteroatoms. The second kappa shape index (κ2) is 6.32. The number of ketones is 1. The standard InChI is InChI=1S/C18H16ClNO2/c19-14-9-7-13(8-10-14)17(21)15-3-1-2-4-16(15)18(22)20-11-12-5-6-12/h1-4,7-10,12H,5-6,11H2,(H,20,22). The highest BCUT2D eigenvalue weighted by molar-refractivity contribution is 6.30. The first-order chi connectivity index (χ1) is 10.6. The van der Waals surface area contributed by atoms with Crippen molar-refractivity contribution in [3.63, 3.8) is 0 Å². The molecule has 1 aliphatic carbocycles. The molecule has 0 heterocycles. The quantitative estimate of drug-likeness (QED) is 0.855. The van der Waals surface area contributed by atoms with Crippen molar-refractivity contribution in [2.24, 2.45) is 5.92 Å². The molecule has 0 aromatic heterocycles. The Morgan fingerprint density at radius 3 is 2.27 bits per heavy atom. The minimum atomic E-state index is -0.190. The van der Waals surface area contributed by atoms with E-state index >= 15 is 0 Å². The molecule has 1 saturated carbocycles. The second-order valence-electron chi connectivity index (χ2n) is 5.54. The fraction of sp³-hybridized carbons (Fsp3) is 0.222. The number of carbonyl (C=O) groups excluding carboxylic acids is 2. The molecule has 0 aliphatic heterocycles. The predicted octanol–water partition coefficient (Wildman–Crippen LogP) is 3.71. The topological polar surface area (TPSA) is 46.2 Å². The molecule has 1 amide bonds. The van der Waals surface area contributed by atoms with E-state index in [0.717, 1.165) is 0 Å². The number of hydrogen-bond donors (Lipinski definition) is 1. The molecule has 1 fully saturated rings. The summed E-state index contributed by atoms with van der Waals surface area (Å²) in [5.74, 6) is 0.238. The number of benzene rings is 2. The third-order valence-electron chi connectivity index (χ3n) is 3.77. The van der Waals surface area contributed by atoms with E-state index in [1.807, 2.05) is 0 Å². The summed E-state index contributed by atoms with van der Waals surface area (Å²) in [6, 6.07) is 13.6. The molecule has 0 spiro atoms. The molecule has 112 valence electrons. The molecule has 0 saturated heterocycles. The van der Waals surface area contributed by atoms with Gasteiger partial charge in [-0.3, -0.25) is 9.59 Å². The van der Waals surface area contributed by atoms with Gasteiger partial charge in [0, 0.05) is 22.7 Å². The lowest BCUT2D eigenvalue weighted by Crippen LogP contribution is -2.27. The van der Waals surface area contributed by atoms with Crippen molar-refractivity contribution >= 4 is 23.3 Å². The zero-order valence-electron chi connectivity index (χ0n) is 12.0. The van der Waals surface area contributed by atoms with E-state index in [2.05, 4.69) is 5.32 Å². The van der Waals surface area contributed by atoms with Crippen LogP contribution in [0.1, 0.15) is 39.1 Å². The maximum atomic E-state index is 12.6. The smallest absolute Gasteiger partial charge is 0.252 e. The van der Waals surface area contributed by atoms with Gasteiger partial charge >= 0.3 is 0 Å². The van der Waals surface area contributed by atoms with Gasteiger partial charge in [-0.1, -0.05) is 29.8 Å². The van der Waals surface area contributed by atoms with Crippen LogP contribution >= 0.6 is 11.6 Å². The minimum Gasteiger partial charge on any atom is -0.352 e. The average molecular weight is 314 g/mol. The van der Waals surface area contributed by atoms with E-state index in [1.54, 1.807) is 48.5 Å². The summed E-state index contributed by atoms with van der Waals surface area (Å²) in [7, 11) is 0. The van der Waals surface area contributed by atoms with E-state index in [1.165, 1.54) is 12.8 Å². The summed E-state index contributed by atoms with van der Waals surface area (Å²) in [5.41, 5.74) is 1.35. The highest BCUT2D eigenvalue weighted by atomic mass is 35.5. The van der Waals surface area contributed by atoms with Crippen molar-refractivity contribution in [3.8, 4) is 0 Å². The molecule has 0 bridgehead atoms. The van der Waals surface area contributed by atoms with E-state index in [-0.39, 0.29) is 11.7 Å². The summed E-state index contributed by atoms with van der Waals surface area (Å²) >= 11 is 5.85. The summed E-state index contributed by atoms with van der Waals surface area (Å²) < 4.78 is 0. The van der Waals surface area contributed by atoms with E-state index in [0.29, 0.717) is 34.2 Å². The van der Waals surface area contributed by atoms with Gasteiger partial charge in [-0.25, -0.2) is 0 Å². The minimum absolute atomic E-state index is 0.172. The Balaban J connectivity index is 1.84. The number of amides is 1. The van der Waals surface area contributed by atoms with Crippen LogP contribution in [0.15, 0.2) is 48.5 Å². The van der Waals surface area contributed by atoms with Gasteiger partial charge in [0.2, 0.25) is 0 Å².